The number of nitrogens with one attached hydrogen (secondary N) is 1. The Hall–Kier alpha value is -3.12. The predicted molar refractivity (Wildman–Crippen MR) is 117 cm³/mol. The van der Waals surface area contributed by atoms with E-state index in [0.717, 1.165) is 32.9 Å². The summed E-state index contributed by atoms with van der Waals surface area (Å²) in [4.78, 5) is 15.2. The highest BCUT2D eigenvalue weighted by atomic mass is 79.9. The third-order valence-corrected chi connectivity index (χ3v) is 5.67. The molecule has 1 aromatic heterocycles. The molecule has 0 aliphatic carbocycles. The van der Waals surface area contributed by atoms with E-state index in [1.807, 2.05) is 53.4 Å². The quantitative estimate of drug-likeness (QED) is 0.438. The van der Waals surface area contributed by atoms with Gasteiger partial charge in [-0.1, -0.05) is 46.3 Å². The van der Waals surface area contributed by atoms with Crippen molar-refractivity contribution in [1.82, 2.24) is 15.1 Å². The predicted octanol–water partition coefficient (Wildman–Crippen LogP) is 4.92. The zero-order valence-corrected chi connectivity index (χ0v) is 17.3. The molecule has 0 unspecified atom stereocenters. The molecular formula is C23H20BrN3O2. The molecule has 2 N–H and O–H groups in total. The summed E-state index contributed by atoms with van der Waals surface area (Å²) in [5.74, 6) is 0.179. The number of amides is 1. The number of halogens is 1. The first-order chi connectivity index (χ1) is 14.1. The SMILES string of the molecule is O=C(c1ccc2[nH]ncc2c1)N(CCc1ccccc1Br)Cc1ccc(O)cc1. The molecule has 29 heavy (non-hydrogen) atoms. The number of phenols is 1. The van der Waals surface area contributed by atoms with Crippen molar-refractivity contribution in [2.24, 2.45) is 0 Å². The van der Waals surface area contributed by atoms with Gasteiger partial charge in [-0.3, -0.25) is 9.89 Å². The molecule has 0 spiro atoms. The molecule has 0 aliphatic rings. The van der Waals surface area contributed by atoms with Gasteiger partial charge in [-0.15, -0.1) is 0 Å². The first-order valence-electron chi connectivity index (χ1n) is 9.34. The fourth-order valence-corrected chi connectivity index (χ4v) is 3.77. The Bertz CT molecular complexity index is 1140. The normalized spacial score (nSPS) is 10.9. The number of nitrogens with zero attached hydrogens (tertiary/aromatic N) is 2. The van der Waals surface area contributed by atoms with E-state index < -0.39 is 0 Å². The second-order valence-corrected chi connectivity index (χ2v) is 7.76. The zero-order valence-electron chi connectivity index (χ0n) is 15.7. The van der Waals surface area contributed by atoms with Crippen molar-refractivity contribution in [1.29, 1.82) is 0 Å². The fraction of sp³-hybridized carbons (Fsp3) is 0.130. The molecule has 146 valence electrons. The molecule has 4 aromatic rings. The lowest BCUT2D eigenvalue weighted by atomic mass is 10.1. The number of fused-ring (bicyclic) bond motifs is 1. The van der Waals surface area contributed by atoms with E-state index in [4.69, 9.17) is 0 Å². The van der Waals surface area contributed by atoms with Crippen LogP contribution in [0.3, 0.4) is 0 Å². The van der Waals surface area contributed by atoms with Crippen LogP contribution in [0.25, 0.3) is 10.9 Å². The highest BCUT2D eigenvalue weighted by Gasteiger charge is 2.17. The van der Waals surface area contributed by atoms with Gasteiger partial charge in [0.25, 0.3) is 5.91 Å². The topological polar surface area (TPSA) is 69.2 Å². The van der Waals surface area contributed by atoms with Crippen molar-refractivity contribution in [3.8, 4) is 5.75 Å². The van der Waals surface area contributed by atoms with Crippen LogP contribution >= 0.6 is 15.9 Å². The van der Waals surface area contributed by atoms with Crippen LogP contribution in [-0.4, -0.2) is 32.7 Å². The molecule has 0 fully saturated rings. The third-order valence-electron chi connectivity index (χ3n) is 4.89. The Balaban J connectivity index is 1.59. The number of carbonyl (C=O) groups excluding carboxylic acids is 1. The molecule has 0 saturated heterocycles. The lowest BCUT2D eigenvalue weighted by molar-refractivity contribution is 0.0745. The van der Waals surface area contributed by atoms with E-state index >= 15 is 0 Å². The number of phenolic OH excluding ortho intramolecular Hbond substituents is 1. The number of hydrogen-bond donors (Lipinski definition) is 2. The average molecular weight is 450 g/mol. The molecule has 1 amide bonds. The summed E-state index contributed by atoms with van der Waals surface area (Å²) in [7, 11) is 0. The van der Waals surface area contributed by atoms with Gasteiger partial charge in [-0.25, -0.2) is 0 Å². The van der Waals surface area contributed by atoms with Gasteiger partial charge in [0.2, 0.25) is 0 Å². The van der Waals surface area contributed by atoms with Crippen molar-refractivity contribution in [2.75, 3.05) is 6.54 Å². The molecule has 3 aromatic carbocycles. The van der Waals surface area contributed by atoms with E-state index in [1.54, 1.807) is 18.3 Å². The monoisotopic (exact) mass is 449 g/mol. The van der Waals surface area contributed by atoms with E-state index in [1.165, 1.54) is 0 Å². The molecule has 4 rings (SSSR count). The van der Waals surface area contributed by atoms with Crippen LogP contribution in [0.15, 0.2) is 77.4 Å². The minimum atomic E-state index is -0.0340. The first kappa shape index (κ1) is 19.2. The summed E-state index contributed by atoms with van der Waals surface area (Å²) in [6, 6.07) is 20.6. The summed E-state index contributed by atoms with van der Waals surface area (Å²) >= 11 is 3.58. The van der Waals surface area contributed by atoms with Crippen LogP contribution in [0.5, 0.6) is 5.75 Å². The maximum absolute atomic E-state index is 13.3. The van der Waals surface area contributed by atoms with Crippen LogP contribution < -0.4 is 0 Å². The molecular weight excluding hydrogens is 430 g/mol. The highest BCUT2D eigenvalue weighted by Crippen LogP contribution is 2.20. The number of hydrogen-bond acceptors (Lipinski definition) is 3. The van der Waals surface area contributed by atoms with Crippen LogP contribution in [0.4, 0.5) is 0 Å². The second-order valence-electron chi connectivity index (χ2n) is 6.91. The first-order valence-corrected chi connectivity index (χ1v) is 10.1. The Morgan fingerprint density at radius 3 is 2.66 bits per heavy atom. The van der Waals surface area contributed by atoms with E-state index in [2.05, 4.69) is 32.2 Å². The van der Waals surface area contributed by atoms with Crippen LogP contribution in [0.2, 0.25) is 0 Å². The number of rotatable bonds is 6. The van der Waals surface area contributed by atoms with E-state index in [-0.39, 0.29) is 11.7 Å². The fourth-order valence-electron chi connectivity index (χ4n) is 3.29. The molecule has 0 radical (unpaired) electrons. The summed E-state index contributed by atoms with van der Waals surface area (Å²) in [5.41, 5.74) is 3.65. The molecule has 0 aliphatic heterocycles. The Morgan fingerprint density at radius 2 is 1.86 bits per heavy atom. The molecule has 1 heterocycles. The summed E-state index contributed by atoms with van der Waals surface area (Å²) in [5, 5.41) is 17.4. The lowest BCUT2D eigenvalue weighted by Crippen LogP contribution is -2.32. The highest BCUT2D eigenvalue weighted by molar-refractivity contribution is 9.10. The molecule has 6 heteroatoms. The zero-order chi connectivity index (χ0) is 20.2. The standard InChI is InChI=1S/C23H20BrN3O2/c24-21-4-2-1-3-17(21)11-12-27(15-16-5-8-20(28)9-6-16)23(29)18-7-10-22-19(13-18)14-25-26-22/h1-10,13-14,28H,11-12,15H2,(H,25,26). The molecule has 0 bridgehead atoms. The Labute approximate surface area is 177 Å². The van der Waals surface area contributed by atoms with Crippen LogP contribution in [0.1, 0.15) is 21.5 Å². The number of aromatic nitrogens is 2. The summed E-state index contributed by atoms with van der Waals surface area (Å²) in [6.07, 6.45) is 2.46. The maximum Gasteiger partial charge on any atom is 0.254 e. The second kappa shape index (κ2) is 8.49. The Kier molecular flexibility index (Phi) is 5.62. The van der Waals surface area contributed by atoms with Gasteiger partial charge >= 0.3 is 0 Å². The van der Waals surface area contributed by atoms with Gasteiger partial charge in [0.15, 0.2) is 0 Å². The maximum atomic E-state index is 13.3. The van der Waals surface area contributed by atoms with Crippen LogP contribution in [-0.2, 0) is 13.0 Å². The van der Waals surface area contributed by atoms with Crippen molar-refractivity contribution in [3.63, 3.8) is 0 Å². The third kappa shape index (κ3) is 4.49. The van der Waals surface area contributed by atoms with Crippen LogP contribution in [0, 0.1) is 0 Å². The van der Waals surface area contributed by atoms with Gasteiger partial charge in [-0.05, 0) is 53.9 Å². The number of aromatic hydroxyl groups is 1. The molecule has 0 saturated carbocycles. The van der Waals surface area contributed by atoms with Gasteiger partial charge in [-0.2, -0.15) is 5.10 Å². The number of benzene rings is 3. The van der Waals surface area contributed by atoms with Crippen molar-refractivity contribution in [2.45, 2.75) is 13.0 Å². The number of H-pyrrole nitrogens is 1. The van der Waals surface area contributed by atoms with Gasteiger partial charge in [0.05, 0.1) is 11.7 Å². The van der Waals surface area contributed by atoms with Gasteiger partial charge in [0.1, 0.15) is 5.75 Å². The Morgan fingerprint density at radius 1 is 1.07 bits per heavy atom. The molecule has 0 atom stereocenters. The van der Waals surface area contributed by atoms with Crippen molar-refractivity contribution >= 4 is 32.7 Å². The van der Waals surface area contributed by atoms with Gasteiger partial charge < -0.3 is 10.0 Å². The number of carbonyl (C=O) groups is 1. The van der Waals surface area contributed by atoms with E-state index in [9.17, 15) is 9.90 Å². The van der Waals surface area contributed by atoms with Crippen molar-refractivity contribution < 1.29 is 9.90 Å². The smallest absolute Gasteiger partial charge is 0.254 e. The number of aromatic amines is 1. The lowest BCUT2D eigenvalue weighted by Gasteiger charge is -2.23. The summed E-state index contributed by atoms with van der Waals surface area (Å²) in [6.45, 7) is 1.04. The summed E-state index contributed by atoms with van der Waals surface area (Å²) < 4.78 is 1.04. The van der Waals surface area contributed by atoms with Crippen molar-refractivity contribution in [3.05, 3.63) is 94.1 Å². The average Bonchev–Trinajstić information content (AvgIpc) is 3.21. The minimum absolute atomic E-state index is 0.0340. The molecule has 5 nitrogen and oxygen atoms in total. The van der Waals surface area contributed by atoms with E-state index in [0.29, 0.717) is 18.7 Å². The van der Waals surface area contributed by atoms with Gasteiger partial charge in [0, 0.05) is 28.5 Å². The minimum Gasteiger partial charge on any atom is -0.508 e. The largest absolute Gasteiger partial charge is 0.508 e.